The molecule has 76 valence electrons. The summed E-state index contributed by atoms with van der Waals surface area (Å²) in [5.41, 5.74) is 6.10. The van der Waals surface area contributed by atoms with Crippen molar-refractivity contribution in [3.8, 4) is 0 Å². The lowest BCUT2D eigenvalue weighted by Gasteiger charge is -2.35. The molecule has 1 aliphatic heterocycles. The van der Waals surface area contributed by atoms with Crippen molar-refractivity contribution in [2.75, 3.05) is 13.2 Å². The summed E-state index contributed by atoms with van der Waals surface area (Å²) >= 11 is 0. The Hall–Kier alpha value is -0.610. The second-order valence-electron chi connectivity index (χ2n) is 4.17. The van der Waals surface area contributed by atoms with E-state index in [0.717, 1.165) is 13.0 Å². The number of carbonyl (C=O) groups excluding carboxylic acids is 1. The van der Waals surface area contributed by atoms with E-state index in [0.29, 0.717) is 6.61 Å². The highest BCUT2D eigenvalue weighted by molar-refractivity contribution is 5.75. The molecule has 2 N–H and O–H groups in total. The Balaban J connectivity index is 2.47. The number of hydrogen-bond acceptors (Lipinski definition) is 4. The molecule has 0 saturated carbocycles. The third-order valence-electron chi connectivity index (χ3n) is 2.17. The second kappa shape index (κ2) is 4.07. The van der Waals surface area contributed by atoms with Gasteiger partial charge in [-0.15, -0.1) is 0 Å². The van der Waals surface area contributed by atoms with Crippen LogP contribution in [0.5, 0.6) is 0 Å². The molecule has 13 heavy (non-hydrogen) atoms. The maximum atomic E-state index is 11.4. The average Bonchev–Trinajstić information content (AvgIpc) is 2.03. The number of rotatable bonds is 2. The molecule has 0 bridgehead atoms. The van der Waals surface area contributed by atoms with Gasteiger partial charge in [0.25, 0.3) is 0 Å². The summed E-state index contributed by atoms with van der Waals surface area (Å²) in [6.45, 7) is 7.40. The first-order chi connectivity index (χ1) is 6.05. The molecule has 0 amide bonds. The van der Waals surface area contributed by atoms with E-state index in [1.54, 1.807) is 0 Å². The van der Waals surface area contributed by atoms with Crippen molar-refractivity contribution in [1.29, 1.82) is 0 Å². The van der Waals surface area contributed by atoms with Gasteiger partial charge in [-0.3, -0.25) is 10.2 Å². The number of hydrogen-bond donors (Lipinski definition) is 2. The first-order valence-electron chi connectivity index (χ1n) is 4.70. The molecule has 0 radical (unpaired) electrons. The van der Waals surface area contributed by atoms with Crippen molar-refractivity contribution in [2.24, 2.45) is 5.41 Å². The lowest BCUT2D eigenvalue weighted by atomic mass is 9.84. The molecule has 1 heterocycles. The highest BCUT2D eigenvalue weighted by atomic mass is 16.5. The molecule has 0 aliphatic carbocycles. The quantitative estimate of drug-likeness (QED) is 0.614. The minimum absolute atomic E-state index is 0.155. The molecule has 1 aliphatic rings. The SMILES string of the molecule is CCOC(=O)C1CC(C)(C)CNN1. The maximum Gasteiger partial charge on any atom is 0.324 e. The van der Waals surface area contributed by atoms with Crippen LogP contribution in [0.1, 0.15) is 27.2 Å². The summed E-state index contributed by atoms with van der Waals surface area (Å²) in [6.07, 6.45) is 0.818. The third kappa shape index (κ3) is 2.97. The van der Waals surface area contributed by atoms with E-state index < -0.39 is 0 Å². The lowest BCUT2D eigenvalue weighted by Crippen LogP contribution is -2.56. The Bertz CT molecular complexity index is 192. The second-order valence-corrected chi connectivity index (χ2v) is 4.17. The van der Waals surface area contributed by atoms with Crippen molar-refractivity contribution >= 4 is 5.97 Å². The van der Waals surface area contributed by atoms with E-state index >= 15 is 0 Å². The Morgan fingerprint density at radius 2 is 2.31 bits per heavy atom. The molecular weight excluding hydrogens is 168 g/mol. The van der Waals surface area contributed by atoms with Gasteiger partial charge in [0.05, 0.1) is 6.61 Å². The van der Waals surface area contributed by atoms with Gasteiger partial charge in [0, 0.05) is 6.54 Å². The van der Waals surface area contributed by atoms with Gasteiger partial charge in [-0.2, -0.15) is 0 Å². The van der Waals surface area contributed by atoms with Crippen LogP contribution in [-0.2, 0) is 9.53 Å². The van der Waals surface area contributed by atoms with Crippen molar-refractivity contribution in [2.45, 2.75) is 33.2 Å². The highest BCUT2D eigenvalue weighted by Crippen LogP contribution is 2.23. The van der Waals surface area contributed by atoms with Gasteiger partial charge in [-0.25, -0.2) is 5.43 Å². The van der Waals surface area contributed by atoms with Gasteiger partial charge in [-0.1, -0.05) is 13.8 Å². The number of ether oxygens (including phenoxy) is 1. The summed E-state index contributed by atoms with van der Waals surface area (Å²) in [5.74, 6) is -0.164. The van der Waals surface area contributed by atoms with E-state index in [1.165, 1.54) is 0 Å². The zero-order valence-corrected chi connectivity index (χ0v) is 8.52. The van der Waals surface area contributed by atoms with Crippen molar-refractivity contribution in [1.82, 2.24) is 10.9 Å². The molecule has 1 rings (SSSR count). The predicted molar refractivity (Wildman–Crippen MR) is 50.0 cm³/mol. The minimum atomic E-state index is -0.205. The molecule has 0 aromatic rings. The van der Waals surface area contributed by atoms with Crippen LogP contribution >= 0.6 is 0 Å². The summed E-state index contributed by atoms with van der Waals surface area (Å²) < 4.78 is 4.93. The van der Waals surface area contributed by atoms with Crippen LogP contribution in [-0.4, -0.2) is 25.2 Å². The molecule has 0 aromatic heterocycles. The number of carbonyl (C=O) groups is 1. The van der Waals surface area contributed by atoms with Gasteiger partial charge < -0.3 is 4.74 Å². The summed E-state index contributed by atoms with van der Waals surface area (Å²) in [5, 5.41) is 0. The third-order valence-corrected chi connectivity index (χ3v) is 2.17. The van der Waals surface area contributed by atoms with Crippen LogP contribution in [0.3, 0.4) is 0 Å². The van der Waals surface area contributed by atoms with Gasteiger partial charge in [0.2, 0.25) is 0 Å². The Labute approximate surface area is 79.0 Å². The van der Waals surface area contributed by atoms with Crippen molar-refractivity contribution < 1.29 is 9.53 Å². The molecule has 4 heteroatoms. The molecule has 1 unspecified atom stereocenters. The molecule has 1 fully saturated rings. The summed E-state index contributed by atoms with van der Waals surface area (Å²) in [4.78, 5) is 11.4. The average molecular weight is 186 g/mol. The Morgan fingerprint density at radius 1 is 1.62 bits per heavy atom. The topological polar surface area (TPSA) is 50.4 Å². The number of hydrazine groups is 1. The zero-order chi connectivity index (χ0) is 9.90. The standard InChI is InChI=1S/C9H18N2O2/c1-4-13-8(12)7-5-9(2,3)6-10-11-7/h7,10-11H,4-6H2,1-3H3. The minimum Gasteiger partial charge on any atom is -0.465 e. The van der Waals surface area contributed by atoms with E-state index in [9.17, 15) is 4.79 Å². The fourth-order valence-corrected chi connectivity index (χ4v) is 1.47. The van der Waals surface area contributed by atoms with Gasteiger partial charge in [0.15, 0.2) is 0 Å². The predicted octanol–water partition coefficient (Wildman–Crippen LogP) is 0.442. The van der Waals surface area contributed by atoms with Crippen molar-refractivity contribution in [3.63, 3.8) is 0 Å². The van der Waals surface area contributed by atoms with Crippen LogP contribution < -0.4 is 10.9 Å². The van der Waals surface area contributed by atoms with Gasteiger partial charge in [-0.05, 0) is 18.8 Å². The molecule has 1 saturated heterocycles. The lowest BCUT2D eigenvalue weighted by molar-refractivity contribution is -0.147. The fourth-order valence-electron chi connectivity index (χ4n) is 1.47. The zero-order valence-electron chi connectivity index (χ0n) is 8.52. The Morgan fingerprint density at radius 3 is 2.85 bits per heavy atom. The largest absolute Gasteiger partial charge is 0.465 e. The smallest absolute Gasteiger partial charge is 0.324 e. The van der Waals surface area contributed by atoms with Crippen LogP contribution in [0, 0.1) is 5.41 Å². The van der Waals surface area contributed by atoms with Gasteiger partial charge >= 0.3 is 5.97 Å². The number of nitrogens with one attached hydrogen (secondary N) is 2. The number of esters is 1. The van der Waals surface area contributed by atoms with E-state index in [4.69, 9.17) is 4.74 Å². The maximum absolute atomic E-state index is 11.4. The van der Waals surface area contributed by atoms with Crippen molar-refractivity contribution in [3.05, 3.63) is 0 Å². The van der Waals surface area contributed by atoms with E-state index in [-0.39, 0.29) is 17.4 Å². The normalized spacial score (nSPS) is 26.8. The van der Waals surface area contributed by atoms with Crippen LogP contribution in [0.15, 0.2) is 0 Å². The molecule has 0 spiro atoms. The molecule has 1 atom stereocenters. The molecular formula is C9H18N2O2. The van der Waals surface area contributed by atoms with Gasteiger partial charge in [0.1, 0.15) is 6.04 Å². The molecule has 4 nitrogen and oxygen atoms in total. The molecule has 0 aromatic carbocycles. The van der Waals surface area contributed by atoms with Crippen LogP contribution in [0.2, 0.25) is 0 Å². The Kier molecular flexibility index (Phi) is 3.27. The van der Waals surface area contributed by atoms with Crippen LogP contribution in [0.25, 0.3) is 0 Å². The highest BCUT2D eigenvalue weighted by Gasteiger charge is 2.32. The first-order valence-corrected chi connectivity index (χ1v) is 4.70. The van der Waals surface area contributed by atoms with E-state index in [2.05, 4.69) is 24.7 Å². The summed E-state index contributed by atoms with van der Waals surface area (Å²) in [7, 11) is 0. The summed E-state index contributed by atoms with van der Waals surface area (Å²) in [6, 6.07) is -0.205. The first kappa shape index (κ1) is 10.5. The van der Waals surface area contributed by atoms with Crippen LogP contribution in [0.4, 0.5) is 0 Å². The van der Waals surface area contributed by atoms with E-state index in [1.807, 2.05) is 6.92 Å². The fraction of sp³-hybridized carbons (Fsp3) is 0.889. The monoisotopic (exact) mass is 186 g/mol.